The molecule has 0 aliphatic carbocycles. The smallest absolute Gasteiger partial charge is 0.216 e. The summed E-state index contributed by atoms with van der Waals surface area (Å²) in [5.74, 6) is -0.0380. The molecule has 0 heterocycles. The van der Waals surface area contributed by atoms with Gasteiger partial charge < -0.3 is 24.8 Å². The molecule has 7 heteroatoms. The Morgan fingerprint density at radius 2 is 1.32 bits per heavy atom. The largest absolute Gasteiger partial charge is 0.378 e. The van der Waals surface area contributed by atoms with Crippen LogP contribution in [0.2, 0.25) is 0 Å². The molecule has 0 aliphatic heterocycles. The third-order valence-electron chi connectivity index (χ3n) is 2.16. The van der Waals surface area contributed by atoms with Crippen LogP contribution in [0.5, 0.6) is 0 Å². The third kappa shape index (κ3) is 28.6. The van der Waals surface area contributed by atoms with E-state index in [0.29, 0.717) is 52.2 Å². The van der Waals surface area contributed by atoms with Crippen LogP contribution < -0.4 is 10.6 Å². The van der Waals surface area contributed by atoms with E-state index >= 15 is 0 Å². The van der Waals surface area contributed by atoms with E-state index in [1.54, 1.807) is 0 Å². The molecule has 0 atom stereocenters. The van der Waals surface area contributed by atoms with Crippen molar-refractivity contribution in [1.29, 1.82) is 0 Å². The first-order valence-corrected chi connectivity index (χ1v) is 7.84. The molecule has 6 nitrogen and oxygen atoms in total. The zero-order chi connectivity index (χ0) is 16.3. The molecule has 22 heavy (non-hydrogen) atoms. The van der Waals surface area contributed by atoms with Gasteiger partial charge in [0, 0.05) is 61.6 Å². The van der Waals surface area contributed by atoms with Gasteiger partial charge in [0.1, 0.15) is 0 Å². The summed E-state index contributed by atoms with van der Waals surface area (Å²) in [6, 6.07) is 0.495. The molecule has 0 unspecified atom stereocenters. The first-order valence-electron chi connectivity index (χ1n) is 7.84. The van der Waals surface area contributed by atoms with E-state index in [-0.39, 0.29) is 41.5 Å². The summed E-state index contributed by atoms with van der Waals surface area (Å²) < 4.78 is 16.0. The Morgan fingerprint density at radius 3 is 1.73 bits per heavy atom. The van der Waals surface area contributed by atoms with Crippen molar-refractivity contribution in [2.24, 2.45) is 0 Å². The standard InChI is InChI=1S/C13H28N2O4.C2H6.Y.2H2/c1-12(2)14-4-6-17-8-10-19-11-9-18-7-5-15-13(3)16;1-2;;;/h12,14H,4-11H2,1-3H3,(H,15,16);1-2H3;;2*1H. The van der Waals surface area contributed by atoms with Crippen molar-refractivity contribution >= 4 is 5.91 Å². The topological polar surface area (TPSA) is 68.8 Å². The zero-order valence-corrected chi connectivity index (χ0v) is 17.8. The molecule has 0 spiro atoms. The maximum atomic E-state index is 10.6. The summed E-state index contributed by atoms with van der Waals surface area (Å²) >= 11 is 0. The first-order chi connectivity index (χ1) is 10.1. The minimum Gasteiger partial charge on any atom is -0.378 e. The fourth-order valence-electron chi connectivity index (χ4n) is 1.26. The van der Waals surface area contributed by atoms with Gasteiger partial charge in [-0.3, -0.25) is 4.79 Å². The van der Waals surface area contributed by atoms with Gasteiger partial charge in [0.25, 0.3) is 0 Å². The van der Waals surface area contributed by atoms with Crippen LogP contribution >= 0.6 is 0 Å². The fraction of sp³-hybridized carbons (Fsp3) is 0.933. The third-order valence-corrected chi connectivity index (χ3v) is 2.16. The summed E-state index contributed by atoms with van der Waals surface area (Å²) in [4.78, 5) is 10.6. The van der Waals surface area contributed by atoms with Crippen molar-refractivity contribution in [1.82, 2.24) is 10.6 Å². The molecule has 0 fully saturated rings. The molecule has 0 aliphatic rings. The first kappa shape index (κ1) is 27.3. The van der Waals surface area contributed by atoms with Gasteiger partial charge in [-0.05, 0) is 0 Å². The summed E-state index contributed by atoms with van der Waals surface area (Å²) in [7, 11) is 0. The van der Waals surface area contributed by atoms with Gasteiger partial charge in [0.15, 0.2) is 0 Å². The molecule has 1 amide bonds. The maximum Gasteiger partial charge on any atom is 0.216 e. The number of nitrogens with one attached hydrogen (secondary N) is 2. The van der Waals surface area contributed by atoms with Crippen molar-refractivity contribution in [3.63, 3.8) is 0 Å². The van der Waals surface area contributed by atoms with Crippen LogP contribution in [0.1, 0.15) is 37.5 Å². The quantitative estimate of drug-likeness (QED) is 0.462. The number of ether oxygens (including phenoxy) is 3. The summed E-state index contributed by atoms with van der Waals surface area (Å²) in [6.07, 6.45) is 0. The van der Waals surface area contributed by atoms with Crippen LogP contribution in [0.15, 0.2) is 0 Å². The van der Waals surface area contributed by atoms with E-state index in [2.05, 4.69) is 24.5 Å². The summed E-state index contributed by atoms with van der Waals surface area (Å²) in [5.41, 5.74) is 0. The van der Waals surface area contributed by atoms with Crippen LogP contribution in [0.4, 0.5) is 0 Å². The fourth-order valence-corrected chi connectivity index (χ4v) is 1.26. The molecule has 0 bridgehead atoms. The SMILES string of the molecule is CC.CC(=O)NCCOCCOCCOCCNC(C)C.[HH].[HH].[Y]. The number of carbonyl (C=O) groups excluding carboxylic acids is 1. The average Bonchev–Trinajstić information content (AvgIpc) is 2.45. The average molecular weight is 399 g/mol. The van der Waals surface area contributed by atoms with E-state index in [1.807, 2.05) is 13.8 Å². The molecule has 0 saturated carbocycles. The molecule has 2 N–H and O–H groups in total. The van der Waals surface area contributed by atoms with Crippen molar-refractivity contribution in [3.05, 3.63) is 0 Å². The van der Waals surface area contributed by atoms with Gasteiger partial charge in [-0.2, -0.15) is 0 Å². The van der Waals surface area contributed by atoms with Crippen LogP contribution in [0, 0.1) is 0 Å². The van der Waals surface area contributed by atoms with E-state index in [0.717, 1.165) is 6.54 Å². The summed E-state index contributed by atoms with van der Waals surface area (Å²) in [5, 5.41) is 5.92. The summed E-state index contributed by atoms with van der Waals surface area (Å²) in [6.45, 7) is 14.6. The minimum absolute atomic E-state index is 0. The van der Waals surface area contributed by atoms with Crippen molar-refractivity contribution in [2.75, 3.05) is 52.7 Å². The van der Waals surface area contributed by atoms with Gasteiger partial charge >= 0.3 is 0 Å². The zero-order valence-electron chi connectivity index (χ0n) is 14.9. The van der Waals surface area contributed by atoms with Gasteiger partial charge in [0.2, 0.25) is 5.91 Å². The number of amides is 1. The predicted octanol–water partition coefficient (Wildman–Crippen LogP) is 1.69. The predicted molar refractivity (Wildman–Crippen MR) is 89.9 cm³/mol. The van der Waals surface area contributed by atoms with Crippen LogP contribution in [0.25, 0.3) is 0 Å². The Hall–Kier alpha value is 0.414. The van der Waals surface area contributed by atoms with E-state index in [9.17, 15) is 4.79 Å². The molecule has 0 rings (SSSR count). The van der Waals surface area contributed by atoms with E-state index in [1.165, 1.54) is 6.92 Å². The Kier molecular flexibility index (Phi) is 29.3. The number of hydrogen-bond donors (Lipinski definition) is 2. The maximum absolute atomic E-state index is 10.6. The van der Waals surface area contributed by atoms with Crippen LogP contribution in [-0.4, -0.2) is 64.7 Å². The molecule has 135 valence electrons. The second-order valence-electron chi connectivity index (χ2n) is 4.43. The second-order valence-corrected chi connectivity index (χ2v) is 4.43. The molecule has 0 aromatic heterocycles. The molecular formula is C15H38N2O4Y. The van der Waals surface area contributed by atoms with Crippen LogP contribution in [0.3, 0.4) is 0 Å². The van der Waals surface area contributed by atoms with Crippen molar-refractivity contribution in [2.45, 2.75) is 40.7 Å². The molecule has 0 aromatic carbocycles. The van der Waals surface area contributed by atoms with Gasteiger partial charge in [-0.1, -0.05) is 27.7 Å². The number of carbonyl (C=O) groups is 1. The van der Waals surface area contributed by atoms with Crippen molar-refractivity contribution in [3.8, 4) is 0 Å². The monoisotopic (exact) mass is 399 g/mol. The number of hydrogen-bond acceptors (Lipinski definition) is 5. The van der Waals surface area contributed by atoms with Crippen LogP contribution in [-0.2, 0) is 51.7 Å². The Bertz CT molecular complexity index is 230. The molecule has 0 saturated heterocycles. The van der Waals surface area contributed by atoms with Crippen molar-refractivity contribution < 1.29 is 54.6 Å². The minimum atomic E-state index is -0.0380. The molecule has 1 radical (unpaired) electrons. The Balaban J connectivity index is -0.000000231. The van der Waals surface area contributed by atoms with Gasteiger partial charge in [-0.15, -0.1) is 0 Å². The van der Waals surface area contributed by atoms with Gasteiger partial charge in [0.05, 0.1) is 39.6 Å². The Labute approximate surface area is 164 Å². The normalized spacial score (nSPS) is 9.73. The number of rotatable bonds is 13. The molecular weight excluding hydrogens is 361 g/mol. The Morgan fingerprint density at radius 1 is 0.909 bits per heavy atom. The van der Waals surface area contributed by atoms with E-state index < -0.39 is 0 Å². The second kappa shape index (κ2) is 23.7. The van der Waals surface area contributed by atoms with E-state index in [4.69, 9.17) is 14.2 Å². The van der Waals surface area contributed by atoms with Gasteiger partial charge in [-0.25, -0.2) is 0 Å². The molecule has 0 aromatic rings.